The van der Waals surface area contributed by atoms with Crippen molar-refractivity contribution in [1.29, 1.82) is 0 Å². The van der Waals surface area contributed by atoms with Crippen LogP contribution in [0.1, 0.15) is 16.1 Å². The Labute approximate surface area is 141 Å². The van der Waals surface area contributed by atoms with E-state index in [1.165, 1.54) is 23.5 Å². The number of hydrogen-bond donors (Lipinski definition) is 1. The molecule has 2 aromatic heterocycles. The van der Waals surface area contributed by atoms with E-state index in [4.69, 9.17) is 0 Å². The lowest BCUT2D eigenvalue weighted by molar-refractivity contribution is 0.102. The summed E-state index contributed by atoms with van der Waals surface area (Å²) < 4.78 is 13.9. The van der Waals surface area contributed by atoms with Crippen molar-refractivity contribution in [2.75, 3.05) is 5.32 Å². The highest BCUT2D eigenvalue weighted by atomic mass is 32.1. The molecule has 1 amide bonds. The van der Waals surface area contributed by atoms with Gasteiger partial charge in [0.25, 0.3) is 5.91 Å². The summed E-state index contributed by atoms with van der Waals surface area (Å²) >= 11 is 1.24. The van der Waals surface area contributed by atoms with Crippen molar-refractivity contribution in [2.24, 2.45) is 0 Å². The van der Waals surface area contributed by atoms with Crippen LogP contribution in [-0.4, -0.2) is 15.9 Å². The van der Waals surface area contributed by atoms with E-state index in [9.17, 15) is 9.18 Å². The molecule has 4 rings (SSSR count). The molecule has 0 spiro atoms. The van der Waals surface area contributed by atoms with E-state index in [2.05, 4.69) is 15.3 Å². The van der Waals surface area contributed by atoms with E-state index < -0.39 is 0 Å². The van der Waals surface area contributed by atoms with Gasteiger partial charge in [-0.1, -0.05) is 23.5 Å². The number of carbonyl (C=O) groups excluding carboxylic acids is 1. The number of benzene rings is 2. The molecule has 2 heterocycles. The van der Waals surface area contributed by atoms with Crippen molar-refractivity contribution in [1.82, 2.24) is 9.97 Å². The normalized spacial score (nSPS) is 11.1. The number of aromatic nitrogens is 2. The fourth-order valence-corrected chi connectivity index (χ4v) is 3.37. The number of amides is 1. The average molecular weight is 337 g/mol. The molecule has 0 aliphatic heterocycles. The summed E-state index contributed by atoms with van der Waals surface area (Å²) in [6, 6.07) is 13.6. The van der Waals surface area contributed by atoms with Gasteiger partial charge in [0, 0.05) is 16.6 Å². The summed E-state index contributed by atoms with van der Waals surface area (Å²) in [7, 11) is 0. The highest BCUT2D eigenvalue weighted by molar-refractivity contribution is 7.22. The molecule has 0 bridgehead atoms. The fraction of sp³-hybridized carbons (Fsp3) is 0.0556. The van der Waals surface area contributed by atoms with Crippen LogP contribution in [0.4, 0.5) is 9.52 Å². The van der Waals surface area contributed by atoms with E-state index in [1.807, 2.05) is 25.1 Å². The molecule has 0 aliphatic carbocycles. The van der Waals surface area contributed by atoms with Gasteiger partial charge >= 0.3 is 0 Å². The highest BCUT2D eigenvalue weighted by Gasteiger charge is 2.11. The smallest absolute Gasteiger partial charge is 0.257 e. The van der Waals surface area contributed by atoms with Crippen molar-refractivity contribution in [3.63, 3.8) is 0 Å². The predicted octanol–water partition coefficient (Wildman–Crippen LogP) is 4.54. The zero-order valence-corrected chi connectivity index (χ0v) is 13.5. The molecule has 24 heavy (non-hydrogen) atoms. The number of thiazole rings is 1. The van der Waals surface area contributed by atoms with Gasteiger partial charge in [-0.15, -0.1) is 0 Å². The Morgan fingerprint density at radius 1 is 1.04 bits per heavy atom. The van der Waals surface area contributed by atoms with Gasteiger partial charge in [-0.2, -0.15) is 0 Å². The van der Waals surface area contributed by atoms with Crippen LogP contribution in [0, 0.1) is 12.7 Å². The first-order valence-corrected chi connectivity index (χ1v) is 8.15. The third-order valence-electron chi connectivity index (χ3n) is 3.66. The minimum Gasteiger partial charge on any atom is -0.298 e. The van der Waals surface area contributed by atoms with E-state index in [-0.39, 0.29) is 11.7 Å². The molecule has 4 nitrogen and oxygen atoms in total. The molecular formula is C18H12FN3OS. The Morgan fingerprint density at radius 2 is 1.88 bits per heavy atom. The SMILES string of the molecule is Cc1ccc2ccc(C(=O)Nc3nc4ccc(F)cc4s3)cc2n1. The zero-order valence-electron chi connectivity index (χ0n) is 12.7. The van der Waals surface area contributed by atoms with Gasteiger partial charge in [-0.25, -0.2) is 9.37 Å². The molecule has 0 fully saturated rings. The van der Waals surface area contributed by atoms with Gasteiger partial charge in [0.05, 0.1) is 15.7 Å². The van der Waals surface area contributed by atoms with Gasteiger partial charge in [-0.3, -0.25) is 15.1 Å². The molecule has 0 unspecified atom stereocenters. The Kier molecular flexibility index (Phi) is 3.46. The Hall–Kier alpha value is -2.86. The summed E-state index contributed by atoms with van der Waals surface area (Å²) in [4.78, 5) is 21.2. The number of pyridine rings is 1. The van der Waals surface area contributed by atoms with E-state index >= 15 is 0 Å². The molecule has 0 saturated carbocycles. The number of nitrogens with one attached hydrogen (secondary N) is 1. The fourth-order valence-electron chi connectivity index (χ4n) is 2.48. The molecule has 118 valence electrons. The largest absolute Gasteiger partial charge is 0.298 e. The molecular weight excluding hydrogens is 325 g/mol. The summed E-state index contributed by atoms with van der Waals surface area (Å²) in [5, 5.41) is 4.19. The molecule has 2 aromatic carbocycles. The van der Waals surface area contributed by atoms with Gasteiger partial charge in [0.2, 0.25) is 0 Å². The molecule has 0 radical (unpaired) electrons. The standard InChI is InChI=1S/C18H12FN3OS/c1-10-2-3-11-4-5-12(8-15(11)20-10)17(23)22-18-21-14-7-6-13(19)9-16(14)24-18/h2-9H,1H3,(H,21,22,23). The number of hydrogen-bond acceptors (Lipinski definition) is 4. The third kappa shape index (κ3) is 2.72. The maximum Gasteiger partial charge on any atom is 0.257 e. The Bertz CT molecular complexity index is 1090. The summed E-state index contributed by atoms with van der Waals surface area (Å²) in [5.74, 6) is -0.584. The molecule has 0 saturated heterocycles. The maximum atomic E-state index is 13.2. The lowest BCUT2D eigenvalue weighted by Crippen LogP contribution is -2.11. The number of rotatable bonds is 2. The summed E-state index contributed by atoms with van der Waals surface area (Å²) in [6.07, 6.45) is 0. The third-order valence-corrected chi connectivity index (χ3v) is 4.60. The second-order valence-corrected chi connectivity index (χ2v) is 6.48. The summed E-state index contributed by atoms with van der Waals surface area (Å²) in [5.41, 5.74) is 2.83. The number of anilines is 1. The van der Waals surface area contributed by atoms with E-state index in [0.29, 0.717) is 20.9 Å². The topological polar surface area (TPSA) is 54.9 Å². The monoisotopic (exact) mass is 337 g/mol. The minimum atomic E-state index is -0.319. The average Bonchev–Trinajstić information content (AvgIpc) is 2.95. The van der Waals surface area contributed by atoms with Crippen molar-refractivity contribution in [3.8, 4) is 0 Å². The number of aryl methyl sites for hydroxylation is 1. The van der Waals surface area contributed by atoms with Crippen molar-refractivity contribution in [3.05, 3.63) is 65.6 Å². The summed E-state index contributed by atoms with van der Waals surface area (Å²) in [6.45, 7) is 1.91. The van der Waals surface area contributed by atoms with Crippen LogP contribution in [0.2, 0.25) is 0 Å². The Balaban J connectivity index is 1.65. The first kappa shape index (κ1) is 14.7. The zero-order chi connectivity index (χ0) is 16.7. The maximum absolute atomic E-state index is 13.2. The van der Waals surface area contributed by atoms with Crippen LogP contribution < -0.4 is 5.32 Å². The van der Waals surface area contributed by atoms with E-state index in [1.54, 1.807) is 18.2 Å². The molecule has 4 aromatic rings. The van der Waals surface area contributed by atoms with Gasteiger partial charge in [0.15, 0.2) is 5.13 Å². The van der Waals surface area contributed by atoms with Crippen LogP contribution in [0.5, 0.6) is 0 Å². The van der Waals surface area contributed by atoms with Crippen LogP contribution in [0.3, 0.4) is 0 Å². The molecule has 0 atom stereocenters. The predicted molar refractivity (Wildman–Crippen MR) is 94.0 cm³/mol. The second kappa shape index (κ2) is 5.65. The minimum absolute atomic E-state index is 0.264. The quantitative estimate of drug-likeness (QED) is 0.584. The lowest BCUT2D eigenvalue weighted by atomic mass is 10.1. The van der Waals surface area contributed by atoms with Crippen LogP contribution in [0.15, 0.2) is 48.5 Å². The number of fused-ring (bicyclic) bond motifs is 2. The lowest BCUT2D eigenvalue weighted by Gasteiger charge is -2.04. The van der Waals surface area contributed by atoms with Crippen LogP contribution in [-0.2, 0) is 0 Å². The first-order valence-electron chi connectivity index (χ1n) is 7.33. The van der Waals surface area contributed by atoms with Gasteiger partial charge in [-0.05, 0) is 43.3 Å². The Morgan fingerprint density at radius 3 is 2.75 bits per heavy atom. The molecule has 6 heteroatoms. The van der Waals surface area contributed by atoms with Crippen LogP contribution >= 0.6 is 11.3 Å². The number of nitrogens with zero attached hydrogens (tertiary/aromatic N) is 2. The number of carbonyl (C=O) groups is 1. The van der Waals surface area contributed by atoms with Crippen molar-refractivity contribution in [2.45, 2.75) is 6.92 Å². The van der Waals surface area contributed by atoms with Crippen molar-refractivity contribution < 1.29 is 9.18 Å². The first-order chi connectivity index (χ1) is 11.6. The van der Waals surface area contributed by atoms with Crippen molar-refractivity contribution >= 4 is 43.5 Å². The molecule has 1 N–H and O–H groups in total. The number of halogens is 1. The molecule has 0 aliphatic rings. The van der Waals surface area contributed by atoms with Gasteiger partial charge in [0.1, 0.15) is 5.82 Å². The van der Waals surface area contributed by atoms with E-state index in [0.717, 1.165) is 16.6 Å². The highest BCUT2D eigenvalue weighted by Crippen LogP contribution is 2.27. The van der Waals surface area contributed by atoms with Gasteiger partial charge < -0.3 is 0 Å². The second-order valence-electron chi connectivity index (χ2n) is 5.45. The van der Waals surface area contributed by atoms with Crippen LogP contribution in [0.25, 0.3) is 21.1 Å².